The summed E-state index contributed by atoms with van der Waals surface area (Å²) in [5.41, 5.74) is 1.10. The lowest BCUT2D eigenvalue weighted by Crippen LogP contribution is -2.37. The van der Waals surface area contributed by atoms with Crippen LogP contribution < -0.4 is 15.0 Å². The number of benzene rings is 2. The summed E-state index contributed by atoms with van der Waals surface area (Å²) in [6.45, 7) is 0.388. The molecule has 124 valence electrons. The fraction of sp³-hybridized carbons (Fsp3) is 0.222. The first-order valence-corrected chi connectivity index (χ1v) is 7.57. The molecule has 0 saturated carbocycles. The first-order valence-electron chi connectivity index (χ1n) is 7.57. The van der Waals surface area contributed by atoms with Crippen LogP contribution in [0, 0.1) is 5.82 Å². The number of anilines is 1. The highest BCUT2D eigenvalue weighted by atomic mass is 19.1. The van der Waals surface area contributed by atoms with Crippen molar-refractivity contribution in [3.63, 3.8) is 0 Å². The van der Waals surface area contributed by atoms with Gasteiger partial charge in [-0.1, -0.05) is 6.07 Å². The molecule has 1 N–H and O–H groups in total. The molecule has 0 bridgehead atoms. The molecule has 2 amide bonds. The zero-order chi connectivity index (χ0) is 17.1. The van der Waals surface area contributed by atoms with Gasteiger partial charge in [-0.15, -0.1) is 0 Å². The molecule has 1 saturated heterocycles. The summed E-state index contributed by atoms with van der Waals surface area (Å²) in [6.07, 6.45) is 0.226. The molecule has 3 rings (SSSR count). The Morgan fingerprint density at radius 1 is 1.25 bits per heavy atom. The lowest BCUT2D eigenvalue weighted by Gasteiger charge is -2.18. The Morgan fingerprint density at radius 3 is 2.71 bits per heavy atom. The van der Waals surface area contributed by atoms with E-state index in [1.807, 2.05) is 12.1 Å². The van der Waals surface area contributed by atoms with Crippen molar-refractivity contribution >= 4 is 17.5 Å². The molecule has 2 aromatic rings. The number of hydrogen-bond donors (Lipinski definition) is 1. The number of rotatable bonds is 4. The van der Waals surface area contributed by atoms with Crippen LogP contribution in [0.15, 0.2) is 48.5 Å². The van der Waals surface area contributed by atoms with E-state index in [0.29, 0.717) is 17.9 Å². The Bertz CT molecular complexity index is 761. The topological polar surface area (TPSA) is 58.6 Å². The largest absolute Gasteiger partial charge is 0.497 e. The van der Waals surface area contributed by atoms with Gasteiger partial charge in [-0.2, -0.15) is 0 Å². The van der Waals surface area contributed by atoms with Crippen LogP contribution >= 0.6 is 0 Å². The van der Waals surface area contributed by atoms with E-state index in [1.165, 1.54) is 24.3 Å². The third-order valence-electron chi connectivity index (χ3n) is 3.93. The number of hydrogen-bond acceptors (Lipinski definition) is 3. The second-order valence-electron chi connectivity index (χ2n) is 5.59. The average Bonchev–Trinajstić information content (AvgIpc) is 2.95. The number of nitrogens with one attached hydrogen (secondary N) is 1. The second-order valence-corrected chi connectivity index (χ2v) is 5.59. The van der Waals surface area contributed by atoms with Crippen LogP contribution in [0.2, 0.25) is 0 Å². The Labute approximate surface area is 139 Å². The van der Waals surface area contributed by atoms with Crippen molar-refractivity contribution in [1.29, 1.82) is 0 Å². The first-order chi connectivity index (χ1) is 11.6. The number of ether oxygens (including phenoxy) is 1. The second kappa shape index (κ2) is 6.70. The van der Waals surface area contributed by atoms with E-state index < -0.39 is 5.82 Å². The zero-order valence-electron chi connectivity index (χ0n) is 13.2. The fourth-order valence-corrected chi connectivity index (χ4v) is 2.70. The Morgan fingerprint density at radius 2 is 2.00 bits per heavy atom. The van der Waals surface area contributed by atoms with Gasteiger partial charge in [-0.05, 0) is 36.4 Å². The molecule has 0 unspecified atom stereocenters. The smallest absolute Gasteiger partial charge is 0.251 e. The lowest BCUT2D eigenvalue weighted by atomic mass is 10.2. The predicted octanol–water partition coefficient (Wildman–Crippen LogP) is 2.37. The maximum Gasteiger partial charge on any atom is 0.251 e. The van der Waals surface area contributed by atoms with Crippen LogP contribution in [-0.4, -0.2) is 31.5 Å². The van der Waals surface area contributed by atoms with Crippen LogP contribution in [0.5, 0.6) is 5.75 Å². The molecule has 1 atom stereocenters. The van der Waals surface area contributed by atoms with Crippen LogP contribution in [0.25, 0.3) is 0 Å². The van der Waals surface area contributed by atoms with Gasteiger partial charge in [-0.25, -0.2) is 4.39 Å². The number of carbonyl (C=O) groups is 2. The van der Waals surface area contributed by atoms with Crippen molar-refractivity contribution in [2.75, 3.05) is 18.6 Å². The zero-order valence-corrected chi connectivity index (χ0v) is 13.2. The summed E-state index contributed by atoms with van der Waals surface area (Å²) in [5.74, 6) is -0.112. The number of halogens is 1. The van der Waals surface area contributed by atoms with Gasteiger partial charge in [0.05, 0.1) is 13.2 Å². The summed E-state index contributed by atoms with van der Waals surface area (Å²) in [5, 5.41) is 2.82. The van der Waals surface area contributed by atoms with Crippen LogP contribution in [0.1, 0.15) is 16.8 Å². The van der Waals surface area contributed by atoms with Gasteiger partial charge in [0, 0.05) is 30.3 Å². The van der Waals surface area contributed by atoms with Crippen LogP contribution in [0.3, 0.4) is 0 Å². The number of methoxy groups -OCH3 is 1. The van der Waals surface area contributed by atoms with E-state index in [2.05, 4.69) is 5.32 Å². The van der Waals surface area contributed by atoms with Crippen molar-refractivity contribution < 1.29 is 18.7 Å². The molecule has 6 heteroatoms. The quantitative estimate of drug-likeness (QED) is 0.937. The molecule has 0 radical (unpaired) electrons. The summed E-state index contributed by atoms with van der Waals surface area (Å²) < 4.78 is 18.1. The number of nitrogens with zero attached hydrogens (tertiary/aromatic N) is 1. The summed E-state index contributed by atoms with van der Waals surface area (Å²) in [7, 11) is 1.57. The van der Waals surface area contributed by atoms with Gasteiger partial charge < -0.3 is 15.0 Å². The highest BCUT2D eigenvalue weighted by molar-refractivity contribution is 5.99. The minimum atomic E-state index is -0.396. The summed E-state index contributed by atoms with van der Waals surface area (Å²) in [6, 6.07) is 12.2. The van der Waals surface area contributed by atoms with E-state index >= 15 is 0 Å². The third-order valence-corrected chi connectivity index (χ3v) is 3.93. The molecule has 1 aliphatic heterocycles. The molecule has 0 aliphatic carbocycles. The molecule has 0 aromatic heterocycles. The van der Waals surface area contributed by atoms with Crippen molar-refractivity contribution in [3.8, 4) is 5.75 Å². The van der Waals surface area contributed by atoms with Crippen LogP contribution in [-0.2, 0) is 4.79 Å². The van der Waals surface area contributed by atoms with Gasteiger partial charge in [-0.3, -0.25) is 9.59 Å². The summed E-state index contributed by atoms with van der Waals surface area (Å²) in [4.78, 5) is 26.0. The maximum atomic E-state index is 12.9. The van der Waals surface area contributed by atoms with Crippen molar-refractivity contribution in [2.45, 2.75) is 12.5 Å². The van der Waals surface area contributed by atoms with Crippen molar-refractivity contribution in [1.82, 2.24) is 5.32 Å². The van der Waals surface area contributed by atoms with Crippen molar-refractivity contribution in [3.05, 3.63) is 59.9 Å². The highest BCUT2D eigenvalue weighted by Crippen LogP contribution is 2.25. The molecule has 1 fully saturated rings. The fourth-order valence-electron chi connectivity index (χ4n) is 2.70. The van der Waals surface area contributed by atoms with Gasteiger partial charge in [0.15, 0.2) is 0 Å². The monoisotopic (exact) mass is 328 g/mol. The van der Waals surface area contributed by atoms with E-state index in [-0.39, 0.29) is 24.3 Å². The minimum absolute atomic E-state index is 0.0624. The molecule has 2 aromatic carbocycles. The van der Waals surface area contributed by atoms with E-state index in [4.69, 9.17) is 4.74 Å². The Kier molecular flexibility index (Phi) is 4.46. The molecule has 1 aliphatic rings. The van der Waals surface area contributed by atoms with E-state index in [1.54, 1.807) is 24.1 Å². The standard InChI is InChI=1S/C18H17FN2O3/c1-24-16-4-2-3-15(10-16)21-11-14(9-17(21)22)20-18(23)12-5-7-13(19)8-6-12/h2-8,10,14H,9,11H2,1H3,(H,20,23)/t14-/m0/s1. The maximum absolute atomic E-state index is 12.9. The lowest BCUT2D eigenvalue weighted by molar-refractivity contribution is -0.117. The normalized spacial score (nSPS) is 17.0. The highest BCUT2D eigenvalue weighted by Gasteiger charge is 2.31. The molecule has 1 heterocycles. The number of amides is 2. The van der Waals surface area contributed by atoms with E-state index in [9.17, 15) is 14.0 Å². The summed E-state index contributed by atoms with van der Waals surface area (Å²) >= 11 is 0. The molecule has 24 heavy (non-hydrogen) atoms. The van der Waals surface area contributed by atoms with Gasteiger partial charge in [0.25, 0.3) is 5.91 Å². The van der Waals surface area contributed by atoms with Crippen molar-refractivity contribution in [2.24, 2.45) is 0 Å². The SMILES string of the molecule is COc1cccc(N2C[C@@H](NC(=O)c3ccc(F)cc3)CC2=O)c1. The van der Waals surface area contributed by atoms with Crippen LogP contribution in [0.4, 0.5) is 10.1 Å². The molecule has 5 nitrogen and oxygen atoms in total. The van der Waals surface area contributed by atoms with Gasteiger partial charge in [0.2, 0.25) is 5.91 Å². The third kappa shape index (κ3) is 3.37. The molecule has 0 spiro atoms. The van der Waals surface area contributed by atoms with E-state index in [0.717, 1.165) is 5.69 Å². The molecular formula is C18H17FN2O3. The molecular weight excluding hydrogens is 311 g/mol. The van der Waals surface area contributed by atoms with Gasteiger partial charge in [0.1, 0.15) is 11.6 Å². The Balaban J connectivity index is 1.68. The minimum Gasteiger partial charge on any atom is -0.497 e. The average molecular weight is 328 g/mol. The predicted molar refractivity (Wildman–Crippen MR) is 87.6 cm³/mol. The number of carbonyl (C=O) groups excluding carboxylic acids is 2. The van der Waals surface area contributed by atoms with Gasteiger partial charge >= 0.3 is 0 Å². The Hall–Kier alpha value is -2.89. The first kappa shape index (κ1) is 16.0.